The summed E-state index contributed by atoms with van der Waals surface area (Å²) in [5.74, 6) is 1.29. The van der Waals surface area contributed by atoms with Gasteiger partial charge in [-0.05, 0) is 62.1 Å². The summed E-state index contributed by atoms with van der Waals surface area (Å²) in [6.07, 6.45) is 7.86. The number of amides is 1. The van der Waals surface area contributed by atoms with Gasteiger partial charge in [0.25, 0.3) is 10.2 Å². The Kier molecular flexibility index (Phi) is 11.0. The van der Waals surface area contributed by atoms with Crippen molar-refractivity contribution in [3.8, 4) is 5.75 Å². The third-order valence-electron chi connectivity index (χ3n) is 6.99. The second-order valence-corrected chi connectivity index (χ2v) is 11.7. The highest BCUT2D eigenvalue weighted by Gasteiger charge is 2.38. The molecule has 1 aliphatic carbocycles. The van der Waals surface area contributed by atoms with E-state index in [1.807, 2.05) is 12.1 Å². The number of hydrogen-bond acceptors (Lipinski definition) is 6. The van der Waals surface area contributed by atoms with Crippen LogP contribution in [0.4, 0.5) is 4.79 Å². The van der Waals surface area contributed by atoms with Gasteiger partial charge in [0.2, 0.25) is 0 Å². The van der Waals surface area contributed by atoms with E-state index in [2.05, 4.69) is 30.0 Å². The highest BCUT2D eigenvalue weighted by molar-refractivity contribution is 7.87. The zero-order chi connectivity index (χ0) is 26.8. The number of benzene rings is 1. The molecule has 2 unspecified atom stereocenters. The molecule has 1 heterocycles. The molecule has 206 valence electrons. The van der Waals surface area contributed by atoms with E-state index in [0.717, 1.165) is 35.7 Å². The average Bonchev–Trinajstić information content (AvgIpc) is 2.90. The molecule has 2 aliphatic rings. The number of likely N-dealkylation sites (tertiary alicyclic amines) is 1. The molecule has 0 spiro atoms. The standard InChI is InChI=1S/C27H41N3O6S/c1-5-17-34-24-10-7-9-22(19-24)21-12-14-23(15-13-21)36-20-26-25(28-37(32,33)29(3)4)11-8-16-30(26)27(31)35-18-6-2/h5-7,9-10,19,21,23,25-26,28H,1-2,8,11-18,20H2,3-4H3. The Hall–Kier alpha value is -2.40. The van der Waals surface area contributed by atoms with Crippen LogP contribution in [0, 0.1) is 0 Å². The molecule has 2 fully saturated rings. The quantitative estimate of drug-likeness (QED) is 0.409. The monoisotopic (exact) mass is 535 g/mol. The van der Waals surface area contributed by atoms with Crippen LogP contribution in [-0.2, 0) is 19.7 Å². The van der Waals surface area contributed by atoms with Crippen molar-refractivity contribution in [2.24, 2.45) is 0 Å². The first-order valence-electron chi connectivity index (χ1n) is 12.9. The van der Waals surface area contributed by atoms with Crippen molar-refractivity contribution >= 4 is 16.3 Å². The fourth-order valence-corrected chi connectivity index (χ4v) is 5.82. The summed E-state index contributed by atoms with van der Waals surface area (Å²) < 4.78 is 46.3. The Morgan fingerprint density at radius 3 is 2.54 bits per heavy atom. The van der Waals surface area contributed by atoms with E-state index in [0.29, 0.717) is 31.9 Å². The van der Waals surface area contributed by atoms with Gasteiger partial charge in [0.05, 0.1) is 18.8 Å². The number of rotatable bonds is 12. The van der Waals surface area contributed by atoms with E-state index in [1.54, 1.807) is 11.0 Å². The molecule has 0 aromatic heterocycles. The van der Waals surface area contributed by atoms with E-state index in [-0.39, 0.29) is 19.3 Å². The molecule has 0 bridgehead atoms. The lowest BCUT2D eigenvalue weighted by Crippen LogP contribution is -2.60. The van der Waals surface area contributed by atoms with Crippen molar-refractivity contribution in [3.63, 3.8) is 0 Å². The van der Waals surface area contributed by atoms with E-state index in [4.69, 9.17) is 14.2 Å². The number of carbonyl (C=O) groups is 1. The van der Waals surface area contributed by atoms with Gasteiger partial charge >= 0.3 is 6.09 Å². The largest absolute Gasteiger partial charge is 0.490 e. The molecular formula is C27H41N3O6S. The van der Waals surface area contributed by atoms with Crippen LogP contribution in [0.25, 0.3) is 0 Å². The van der Waals surface area contributed by atoms with Crippen molar-refractivity contribution in [3.05, 3.63) is 55.1 Å². The summed E-state index contributed by atoms with van der Waals surface area (Å²) in [5, 5.41) is 0. The van der Waals surface area contributed by atoms with Crippen LogP contribution in [0.2, 0.25) is 0 Å². The number of hydrogen-bond donors (Lipinski definition) is 1. The van der Waals surface area contributed by atoms with Gasteiger partial charge in [-0.15, -0.1) is 0 Å². The van der Waals surface area contributed by atoms with Gasteiger partial charge < -0.3 is 19.1 Å². The Bertz CT molecular complexity index is 1010. The predicted octanol–water partition coefficient (Wildman–Crippen LogP) is 3.85. The lowest BCUT2D eigenvalue weighted by molar-refractivity contribution is -0.0257. The maximum Gasteiger partial charge on any atom is 0.410 e. The first-order valence-corrected chi connectivity index (χ1v) is 14.4. The van der Waals surface area contributed by atoms with Crippen LogP contribution in [0.5, 0.6) is 5.75 Å². The van der Waals surface area contributed by atoms with Gasteiger partial charge in [-0.3, -0.25) is 0 Å². The number of ether oxygens (including phenoxy) is 3. The summed E-state index contributed by atoms with van der Waals surface area (Å²) in [5.41, 5.74) is 1.27. The first kappa shape index (κ1) is 29.2. The molecule has 9 nitrogen and oxygen atoms in total. The van der Waals surface area contributed by atoms with Crippen LogP contribution < -0.4 is 9.46 Å². The van der Waals surface area contributed by atoms with Crippen molar-refractivity contribution in [1.29, 1.82) is 0 Å². The molecule has 1 N–H and O–H groups in total. The van der Waals surface area contributed by atoms with E-state index < -0.39 is 28.4 Å². The smallest absolute Gasteiger partial charge is 0.410 e. The van der Waals surface area contributed by atoms with Crippen LogP contribution in [0.15, 0.2) is 49.6 Å². The Labute approximate surface area is 221 Å². The summed E-state index contributed by atoms with van der Waals surface area (Å²) >= 11 is 0. The fourth-order valence-electron chi connectivity index (χ4n) is 4.95. The van der Waals surface area contributed by atoms with Crippen molar-refractivity contribution < 1.29 is 27.4 Å². The number of carbonyl (C=O) groups excluding carboxylic acids is 1. The van der Waals surface area contributed by atoms with Gasteiger partial charge in [-0.2, -0.15) is 17.4 Å². The minimum atomic E-state index is -3.67. The second kappa shape index (κ2) is 13.9. The SMILES string of the molecule is C=CCOC(=O)N1CCCC(NS(=O)(=O)N(C)C)C1COC1CCC(c2cccc(OCC=C)c2)CC1. The van der Waals surface area contributed by atoms with E-state index in [1.165, 1.54) is 25.7 Å². The van der Waals surface area contributed by atoms with Crippen LogP contribution >= 0.6 is 0 Å². The summed E-state index contributed by atoms with van der Waals surface area (Å²) in [6, 6.07) is 7.30. The second-order valence-electron chi connectivity index (χ2n) is 9.76. The van der Waals surface area contributed by atoms with Gasteiger partial charge in [0.1, 0.15) is 19.0 Å². The van der Waals surface area contributed by atoms with Crippen molar-refractivity contribution in [2.75, 3.05) is 40.5 Å². The Morgan fingerprint density at radius 1 is 1.14 bits per heavy atom. The molecule has 2 atom stereocenters. The van der Waals surface area contributed by atoms with Crippen LogP contribution in [-0.4, -0.2) is 82.4 Å². The minimum Gasteiger partial charge on any atom is -0.490 e. The molecule has 37 heavy (non-hydrogen) atoms. The van der Waals surface area contributed by atoms with Crippen molar-refractivity contribution in [2.45, 2.75) is 62.6 Å². The molecule has 1 aromatic carbocycles. The Morgan fingerprint density at radius 2 is 1.86 bits per heavy atom. The predicted molar refractivity (Wildman–Crippen MR) is 144 cm³/mol. The number of piperidine rings is 1. The Balaban J connectivity index is 1.62. The molecule has 10 heteroatoms. The maximum atomic E-state index is 12.8. The zero-order valence-corrected chi connectivity index (χ0v) is 22.8. The molecule has 3 rings (SSSR count). The lowest BCUT2D eigenvalue weighted by Gasteiger charge is -2.41. The van der Waals surface area contributed by atoms with Gasteiger partial charge in [-0.25, -0.2) is 4.79 Å². The zero-order valence-electron chi connectivity index (χ0n) is 22.0. The molecule has 0 radical (unpaired) electrons. The molecule has 1 aromatic rings. The van der Waals surface area contributed by atoms with E-state index in [9.17, 15) is 13.2 Å². The molecule has 1 aliphatic heterocycles. The van der Waals surface area contributed by atoms with Crippen LogP contribution in [0.1, 0.15) is 50.0 Å². The summed E-state index contributed by atoms with van der Waals surface area (Å²) in [6.45, 7) is 8.60. The number of nitrogens with one attached hydrogen (secondary N) is 1. The highest BCUT2D eigenvalue weighted by atomic mass is 32.2. The number of nitrogens with zero attached hydrogens (tertiary/aromatic N) is 2. The highest BCUT2D eigenvalue weighted by Crippen LogP contribution is 2.35. The van der Waals surface area contributed by atoms with Gasteiger partial charge in [-0.1, -0.05) is 37.4 Å². The third kappa shape index (κ3) is 8.29. The van der Waals surface area contributed by atoms with Crippen LogP contribution in [0.3, 0.4) is 0 Å². The van der Waals surface area contributed by atoms with Gasteiger partial charge in [0, 0.05) is 26.7 Å². The fraction of sp³-hybridized carbons (Fsp3) is 0.593. The normalized spacial score (nSPS) is 24.5. The van der Waals surface area contributed by atoms with E-state index >= 15 is 0 Å². The van der Waals surface area contributed by atoms with Gasteiger partial charge in [0.15, 0.2) is 0 Å². The topological polar surface area (TPSA) is 97.4 Å². The molecule has 1 amide bonds. The average molecular weight is 536 g/mol. The minimum absolute atomic E-state index is 0.0514. The summed E-state index contributed by atoms with van der Waals surface area (Å²) in [7, 11) is -0.713. The molecule has 1 saturated heterocycles. The summed E-state index contributed by atoms with van der Waals surface area (Å²) in [4.78, 5) is 14.3. The third-order valence-corrected chi connectivity index (χ3v) is 8.56. The van der Waals surface area contributed by atoms with Crippen molar-refractivity contribution in [1.82, 2.24) is 13.9 Å². The first-order chi connectivity index (χ1) is 17.7. The molecular weight excluding hydrogens is 494 g/mol. The molecule has 1 saturated carbocycles. The lowest BCUT2D eigenvalue weighted by atomic mass is 9.82. The maximum absolute atomic E-state index is 12.8.